The molecule has 17 heavy (non-hydrogen) atoms. The zero-order valence-electron chi connectivity index (χ0n) is 10.2. The minimum absolute atomic E-state index is 0.0118. The van der Waals surface area contributed by atoms with E-state index in [4.69, 9.17) is 5.11 Å². The summed E-state index contributed by atoms with van der Waals surface area (Å²) in [4.78, 5) is 11.9. The van der Waals surface area contributed by atoms with Gasteiger partial charge in [-0.3, -0.25) is 4.79 Å². The third kappa shape index (κ3) is 4.31. The number of Topliss-reactive ketones (excluding diaryl/α,β-unsaturated/α-hetero) is 1. The molecule has 0 aromatic carbocycles. The van der Waals surface area contributed by atoms with Crippen molar-refractivity contribution in [3.8, 4) is 0 Å². The maximum absolute atomic E-state index is 11.9. The molecule has 0 aromatic rings. The lowest BCUT2D eigenvalue weighted by Crippen LogP contribution is -2.07. The van der Waals surface area contributed by atoms with E-state index in [1.807, 2.05) is 0 Å². The molecule has 0 bridgehead atoms. The summed E-state index contributed by atoms with van der Waals surface area (Å²) in [6.45, 7) is 3.37. The van der Waals surface area contributed by atoms with E-state index in [-0.39, 0.29) is 11.5 Å². The number of rotatable bonds is 4. The number of hydrogen-bond acceptors (Lipinski definition) is 3. The quantitative estimate of drug-likeness (QED) is 0.578. The number of allylic oxidation sites excluding steroid dienone is 8. The first-order valence-corrected chi connectivity index (χ1v) is 5.66. The van der Waals surface area contributed by atoms with E-state index < -0.39 is 0 Å². The van der Waals surface area contributed by atoms with Gasteiger partial charge in [0.05, 0.1) is 11.5 Å². The average Bonchev–Trinajstić information content (AvgIpc) is 2.28. The molecule has 0 spiro atoms. The molecule has 2 N–H and O–H groups in total. The smallest absolute Gasteiger partial charge is 0.184 e. The number of carbonyl (C=O) groups is 1. The van der Waals surface area contributed by atoms with Gasteiger partial charge in [-0.15, -0.1) is 0 Å². The van der Waals surface area contributed by atoms with Crippen LogP contribution >= 0.6 is 0 Å². The van der Waals surface area contributed by atoms with Gasteiger partial charge in [0.2, 0.25) is 0 Å². The van der Waals surface area contributed by atoms with Gasteiger partial charge >= 0.3 is 0 Å². The Morgan fingerprint density at radius 2 is 2.00 bits per heavy atom. The third-order valence-electron chi connectivity index (χ3n) is 2.61. The number of aliphatic hydroxyl groups is 2. The van der Waals surface area contributed by atoms with Crippen molar-refractivity contribution in [1.82, 2.24) is 0 Å². The molecule has 0 fully saturated rings. The number of hydrogen-bond donors (Lipinski definition) is 2. The van der Waals surface area contributed by atoms with Crippen LogP contribution in [-0.4, -0.2) is 16.0 Å². The molecular formula is C14H18O3. The molecule has 0 saturated heterocycles. The van der Waals surface area contributed by atoms with Gasteiger partial charge in [-0.05, 0) is 44.4 Å². The van der Waals surface area contributed by atoms with Crippen molar-refractivity contribution in [2.24, 2.45) is 0 Å². The van der Waals surface area contributed by atoms with Crippen LogP contribution in [0.25, 0.3) is 0 Å². The van der Waals surface area contributed by atoms with Crippen LogP contribution in [0.15, 0.2) is 47.0 Å². The highest BCUT2D eigenvalue weighted by molar-refractivity contribution is 6.08. The Kier molecular flexibility index (Phi) is 4.76. The first kappa shape index (κ1) is 13.3. The van der Waals surface area contributed by atoms with Crippen molar-refractivity contribution in [2.45, 2.75) is 33.1 Å². The number of ketones is 1. The van der Waals surface area contributed by atoms with Crippen molar-refractivity contribution in [1.29, 1.82) is 0 Å². The zero-order valence-corrected chi connectivity index (χ0v) is 10.2. The van der Waals surface area contributed by atoms with Gasteiger partial charge in [0.15, 0.2) is 5.78 Å². The predicted molar refractivity (Wildman–Crippen MR) is 67.8 cm³/mol. The van der Waals surface area contributed by atoms with Gasteiger partial charge in [-0.2, -0.15) is 0 Å². The second-order valence-corrected chi connectivity index (χ2v) is 4.15. The standard InChI is InChI=1S/C14H18O3/c1-10(4-3-5-11(2)15)14(17)12-6-8-13(16)9-7-12/h4-6,8,15-16H,3,7,9H2,1-2H3/b10-4+,11-5+. The van der Waals surface area contributed by atoms with E-state index in [0.29, 0.717) is 30.6 Å². The van der Waals surface area contributed by atoms with Crippen LogP contribution in [-0.2, 0) is 4.79 Å². The summed E-state index contributed by atoms with van der Waals surface area (Å²) in [5.74, 6) is 0.589. The molecule has 1 aliphatic rings. The van der Waals surface area contributed by atoms with E-state index in [1.54, 1.807) is 38.2 Å². The second-order valence-electron chi connectivity index (χ2n) is 4.15. The first-order valence-electron chi connectivity index (χ1n) is 5.66. The Hall–Kier alpha value is -1.77. The Morgan fingerprint density at radius 3 is 2.53 bits per heavy atom. The molecule has 3 nitrogen and oxygen atoms in total. The van der Waals surface area contributed by atoms with Gasteiger partial charge in [0.1, 0.15) is 0 Å². The highest BCUT2D eigenvalue weighted by Crippen LogP contribution is 2.19. The zero-order chi connectivity index (χ0) is 12.8. The average molecular weight is 234 g/mol. The monoisotopic (exact) mass is 234 g/mol. The van der Waals surface area contributed by atoms with Crippen molar-refractivity contribution in [2.75, 3.05) is 0 Å². The molecule has 0 aromatic heterocycles. The summed E-state index contributed by atoms with van der Waals surface area (Å²) in [6, 6.07) is 0. The van der Waals surface area contributed by atoms with E-state index in [9.17, 15) is 9.90 Å². The molecule has 0 heterocycles. The minimum atomic E-state index is 0.0118. The molecule has 0 amide bonds. The molecule has 92 valence electrons. The third-order valence-corrected chi connectivity index (χ3v) is 2.61. The number of aliphatic hydroxyl groups excluding tert-OH is 2. The summed E-state index contributed by atoms with van der Waals surface area (Å²) in [5.41, 5.74) is 1.39. The van der Waals surface area contributed by atoms with Crippen LogP contribution in [0.1, 0.15) is 33.1 Å². The van der Waals surface area contributed by atoms with Crippen LogP contribution in [0, 0.1) is 0 Å². The van der Waals surface area contributed by atoms with Gasteiger partial charge in [0.25, 0.3) is 0 Å². The summed E-state index contributed by atoms with van der Waals surface area (Å²) < 4.78 is 0. The van der Waals surface area contributed by atoms with Crippen LogP contribution in [0.2, 0.25) is 0 Å². The van der Waals surface area contributed by atoms with Crippen LogP contribution in [0.5, 0.6) is 0 Å². The minimum Gasteiger partial charge on any atom is -0.513 e. The van der Waals surface area contributed by atoms with Crippen LogP contribution < -0.4 is 0 Å². The summed E-state index contributed by atoms with van der Waals surface area (Å²) >= 11 is 0. The fourth-order valence-electron chi connectivity index (χ4n) is 1.57. The highest BCUT2D eigenvalue weighted by Gasteiger charge is 2.13. The van der Waals surface area contributed by atoms with E-state index in [0.717, 1.165) is 5.57 Å². The van der Waals surface area contributed by atoms with Crippen LogP contribution in [0.4, 0.5) is 0 Å². The molecule has 3 heteroatoms. The van der Waals surface area contributed by atoms with E-state index in [2.05, 4.69) is 0 Å². The maximum atomic E-state index is 11.9. The molecule has 0 aliphatic heterocycles. The van der Waals surface area contributed by atoms with Crippen LogP contribution in [0.3, 0.4) is 0 Å². The van der Waals surface area contributed by atoms with Gasteiger partial charge in [-0.25, -0.2) is 0 Å². The fraction of sp³-hybridized carbons (Fsp3) is 0.357. The summed E-state index contributed by atoms with van der Waals surface area (Å²) in [7, 11) is 0. The molecule has 0 unspecified atom stereocenters. The molecule has 0 atom stereocenters. The molecule has 0 radical (unpaired) electrons. The number of carbonyl (C=O) groups excluding carboxylic acids is 1. The Bertz CT molecular complexity index is 419. The van der Waals surface area contributed by atoms with Crippen molar-refractivity contribution in [3.63, 3.8) is 0 Å². The Labute approximate surface area is 101 Å². The summed E-state index contributed by atoms with van der Waals surface area (Å²) in [5, 5.41) is 18.2. The predicted octanol–water partition coefficient (Wildman–Crippen LogP) is 3.52. The molecule has 0 saturated carbocycles. The lowest BCUT2D eigenvalue weighted by molar-refractivity contribution is -0.112. The lowest BCUT2D eigenvalue weighted by Gasteiger charge is -2.10. The largest absolute Gasteiger partial charge is 0.513 e. The van der Waals surface area contributed by atoms with Gasteiger partial charge in [0, 0.05) is 12.0 Å². The Balaban J connectivity index is 2.67. The fourth-order valence-corrected chi connectivity index (χ4v) is 1.57. The van der Waals surface area contributed by atoms with E-state index >= 15 is 0 Å². The van der Waals surface area contributed by atoms with Crippen molar-refractivity contribution in [3.05, 3.63) is 47.0 Å². The van der Waals surface area contributed by atoms with Gasteiger partial charge in [-0.1, -0.05) is 12.2 Å². The SMILES string of the molecule is C/C(O)=C\C/C=C(\C)C(=O)C1=CC=C(O)CC1. The Morgan fingerprint density at radius 1 is 1.29 bits per heavy atom. The van der Waals surface area contributed by atoms with Crippen molar-refractivity contribution >= 4 is 5.78 Å². The molecule has 1 aliphatic carbocycles. The highest BCUT2D eigenvalue weighted by atomic mass is 16.3. The van der Waals surface area contributed by atoms with E-state index in [1.165, 1.54) is 0 Å². The first-order chi connectivity index (χ1) is 8.00. The molecular weight excluding hydrogens is 216 g/mol. The maximum Gasteiger partial charge on any atom is 0.184 e. The topological polar surface area (TPSA) is 57.5 Å². The van der Waals surface area contributed by atoms with Gasteiger partial charge < -0.3 is 10.2 Å². The molecule has 1 rings (SSSR count). The van der Waals surface area contributed by atoms with Crippen molar-refractivity contribution < 1.29 is 15.0 Å². The normalized spacial score (nSPS) is 17.5. The summed E-state index contributed by atoms with van der Waals surface area (Å²) in [6.07, 6.45) is 8.35. The lowest BCUT2D eigenvalue weighted by atomic mass is 9.96. The second kappa shape index (κ2) is 6.09.